The maximum Gasteiger partial charge on any atom is 0.353 e. The van der Waals surface area contributed by atoms with Crippen LogP contribution in [0.25, 0.3) is 0 Å². The van der Waals surface area contributed by atoms with Crippen molar-refractivity contribution in [2.75, 3.05) is 12.9 Å². The summed E-state index contributed by atoms with van der Waals surface area (Å²) in [5, 5.41) is 12.8. The summed E-state index contributed by atoms with van der Waals surface area (Å²) in [6.45, 7) is 0.855. The molecular weight excluding hydrogens is 548 g/mol. The molecule has 8 nitrogen and oxygen atoms in total. The number of nitrogens with one attached hydrogen (secondary N) is 1. The molecule has 3 aromatic rings. The highest BCUT2D eigenvalue weighted by atomic mass is 32.3. The van der Waals surface area contributed by atoms with Crippen LogP contribution in [0.2, 0.25) is 0 Å². The number of benzene rings is 3. The molecule has 0 radical (unpaired) electrons. The van der Waals surface area contributed by atoms with Gasteiger partial charge in [0, 0.05) is 6.92 Å². The molecule has 0 saturated carbocycles. The minimum atomic E-state index is -1.71. The quantitative estimate of drug-likeness (QED) is 0.172. The lowest BCUT2D eigenvalue weighted by Gasteiger charge is -2.53. The Morgan fingerprint density at radius 3 is 1.85 bits per heavy atom. The van der Waals surface area contributed by atoms with Gasteiger partial charge in [0.25, 0.3) is 5.91 Å². The smallest absolute Gasteiger partial charge is 0.353 e. The minimum Gasteiger partial charge on any atom is -0.614 e. The standard InChI is InChI=1S/C30H28N2O6S2/c1-19(33)38-18-23-25(28(35)36)32-26(34)24(27(32)40(37)29(23)39-2)31-30(20-12-6-3-7-13-20,21-14-8-4-9-15-21)22-16-10-5-11-17-22/h3-17,24,27,29,31H,18H2,1-2H3,(H,35,36)/t24-,27-,29?,40?/m1/s1. The number of ether oxygens (including phenoxy) is 1. The van der Waals surface area contributed by atoms with E-state index in [2.05, 4.69) is 5.32 Å². The Balaban J connectivity index is 1.65. The lowest BCUT2D eigenvalue weighted by atomic mass is 9.76. The van der Waals surface area contributed by atoms with E-state index in [4.69, 9.17) is 4.74 Å². The summed E-state index contributed by atoms with van der Waals surface area (Å²) in [7, 11) is 0. The summed E-state index contributed by atoms with van der Waals surface area (Å²) in [6, 6.07) is 28.1. The molecule has 0 bridgehead atoms. The Morgan fingerprint density at radius 2 is 1.45 bits per heavy atom. The maximum absolute atomic E-state index is 14.0. The molecule has 4 atom stereocenters. The van der Waals surface area contributed by atoms with Gasteiger partial charge in [-0.05, 0) is 34.1 Å². The minimum absolute atomic E-state index is 0.150. The molecule has 2 N–H and O–H groups in total. The SMILES string of the molecule is CSC1C(COC(C)=O)=C(C(=O)O)N2C(=O)[C@@H](NC(c3ccccc3)(c3ccccc3)c3ccccc3)[C@H]2[S+]1[O-]. The Labute approximate surface area is 239 Å². The summed E-state index contributed by atoms with van der Waals surface area (Å²) >= 11 is -0.503. The second kappa shape index (κ2) is 11.5. The number of aliphatic carboxylic acids is 1. The molecule has 2 aliphatic heterocycles. The molecule has 1 fully saturated rings. The summed E-state index contributed by atoms with van der Waals surface area (Å²) in [4.78, 5) is 38.9. The first-order valence-corrected chi connectivity index (χ1v) is 15.2. The lowest BCUT2D eigenvalue weighted by molar-refractivity contribution is -0.150. The number of fused-ring (bicyclic) bond motifs is 1. The van der Waals surface area contributed by atoms with Gasteiger partial charge >= 0.3 is 11.9 Å². The van der Waals surface area contributed by atoms with Gasteiger partial charge in [0.15, 0.2) is 10.6 Å². The fraction of sp³-hybridized carbons (Fsp3) is 0.233. The molecule has 0 spiro atoms. The molecule has 2 aliphatic rings. The second-order valence-electron chi connectivity index (χ2n) is 9.42. The Morgan fingerprint density at radius 1 is 0.975 bits per heavy atom. The molecule has 0 aromatic heterocycles. The number of amides is 1. The Bertz CT molecular complexity index is 1340. The Hall–Kier alpha value is -3.57. The molecular formula is C30H28N2O6S2. The van der Waals surface area contributed by atoms with Crippen molar-refractivity contribution in [2.45, 2.75) is 28.5 Å². The van der Waals surface area contributed by atoms with Gasteiger partial charge in [-0.1, -0.05) is 91.0 Å². The number of carbonyl (C=O) groups is 3. The summed E-state index contributed by atoms with van der Waals surface area (Å²) in [6.07, 6.45) is 1.72. The van der Waals surface area contributed by atoms with Crippen LogP contribution in [0.15, 0.2) is 102 Å². The molecule has 0 aliphatic carbocycles. The number of thioether (sulfide) groups is 1. The first-order chi connectivity index (χ1) is 19.3. The zero-order valence-corrected chi connectivity index (χ0v) is 23.5. The first-order valence-electron chi connectivity index (χ1n) is 12.6. The van der Waals surface area contributed by atoms with E-state index < -0.39 is 50.6 Å². The Kier molecular flexibility index (Phi) is 8.04. The number of hydrogen-bond donors (Lipinski definition) is 2. The van der Waals surface area contributed by atoms with Crippen molar-refractivity contribution in [1.82, 2.24) is 10.2 Å². The normalized spacial score (nSPS) is 22.4. The predicted octanol–water partition coefficient (Wildman–Crippen LogP) is 3.46. The van der Waals surface area contributed by atoms with Crippen LogP contribution in [0.3, 0.4) is 0 Å². The van der Waals surface area contributed by atoms with Gasteiger partial charge in [-0.2, -0.15) is 0 Å². The van der Waals surface area contributed by atoms with Crippen LogP contribution >= 0.6 is 11.8 Å². The molecule has 206 valence electrons. The number of hydrogen-bond acceptors (Lipinski definition) is 7. The topological polar surface area (TPSA) is 119 Å². The zero-order chi connectivity index (χ0) is 28.4. The van der Waals surface area contributed by atoms with Gasteiger partial charge in [-0.15, -0.1) is 11.8 Å². The third-order valence-electron chi connectivity index (χ3n) is 7.16. The van der Waals surface area contributed by atoms with Crippen molar-refractivity contribution < 1.29 is 28.8 Å². The number of β-lactam (4-membered cyclic amide) rings is 1. The number of esters is 1. The van der Waals surface area contributed by atoms with Crippen molar-refractivity contribution >= 4 is 40.8 Å². The predicted molar refractivity (Wildman–Crippen MR) is 154 cm³/mol. The molecule has 40 heavy (non-hydrogen) atoms. The van der Waals surface area contributed by atoms with E-state index in [1.54, 1.807) is 6.26 Å². The molecule has 2 unspecified atom stereocenters. The van der Waals surface area contributed by atoms with Crippen molar-refractivity contribution in [1.29, 1.82) is 0 Å². The van der Waals surface area contributed by atoms with Gasteiger partial charge in [-0.3, -0.25) is 19.8 Å². The summed E-state index contributed by atoms with van der Waals surface area (Å²) < 4.78 is 18.3. The van der Waals surface area contributed by atoms with Crippen molar-refractivity contribution in [3.05, 3.63) is 119 Å². The van der Waals surface area contributed by atoms with Crippen LogP contribution in [-0.2, 0) is 35.8 Å². The van der Waals surface area contributed by atoms with Crippen LogP contribution in [-0.4, -0.2) is 61.3 Å². The largest absolute Gasteiger partial charge is 0.614 e. The third kappa shape index (κ3) is 4.71. The van der Waals surface area contributed by atoms with Crippen molar-refractivity contribution in [3.63, 3.8) is 0 Å². The van der Waals surface area contributed by atoms with Crippen LogP contribution in [0.5, 0.6) is 0 Å². The number of carboxylic acid groups (broad SMARTS) is 1. The van der Waals surface area contributed by atoms with E-state index in [-0.39, 0.29) is 17.9 Å². The van der Waals surface area contributed by atoms with E-state index >= 15 is 0 Å². The fourth-order valence-electron chi connectivity index (χ4n) is 5.45. The van der Waals surface area contributed by atoms with E-state index in [0.29, 0.717) is 0 Å². The highest BCUT2D eigenvalue weighted by molar-refractivity contribution is 8.13. The van der Waals surface area contributed by atoms with Crippen LogP contribution in [0.1, 0.15) is 23.6 Å². The molecule has 3 aromatic carbocycles. The lowest BCUT2D eigenvalue weighted by Crippen LogP contribution is -2.77. The van der Waals surface area contributed by atoms with Gasteiger partial charge in [-0.25, -0.2) is 4.79 Å². The van der Waals surface area contributed by atoms with E-state index in [1.807, 2.05) is 91.0 Å². The monoisotopic (exact) mass is 576 g/mol. The van der Waals surface area contributed by atoms with Crippen LogP contribution in [0, 0.1) is 0 Å². The number of rotatable bonds is 9. The van der Waals surface area contributed by atoms with Gasteiger partial charge in [0.2, 0.25) is 5.37 Å². The van der Waals surface area contributed by atoms with E-state index in [0.717, 1.165) is 21.6 Å². The second-order valence-corrected chi connectivity index (χ2v) is 12.3. The third-order valence-corrected chi connectivity index (χ3v) is 10.7. The number of nitrogens with zero attached hydrogens (tertiary/aromatic N) is 1. The number of carboxylic acids is 1. The molecule has 1 amide bonds. The average Bonchev–Trinajstić information content (AvgIpc) is 2.97. The van der Waals surface area contributed by atoms with Gasteiger partial charge in [0.05, 0.1) is 11.1 Å². The van der Waals surface area contributed by atoms with Gasteiger partial charge < -0.3 is 14.4 Å². The summed E-state index contributed by atoms with van der Waals surface area (Å²) in [5.74, 6) is -2.45. The highest BCUT2D eigenvalue weighted by Gasteiger charge is 2.64. The van der Waals surface area contributed by atoms with Crippen molar-refractivity contribution in [3.8, 4) is 0 Å². The summed E-state index contributed by atoms with van der Waals surface area (Å²) in [5.41, 5.74) is 1.46. The van der Waals surface area contributed by atoms with E-state index in [9.17, 15) is 24.0 Å². The average molecular weight is 577 g/mol. The molecule has 2 heterocycles. The molecule has 1 saturated heterocycles. The zero-order valence-electron chi connectivity index (χ0n) is 21.9. The molecule has 10 heteroatoms. The van der Waals surface area contributed by atoms with Crippen molar-refractivity contribution in [2.24, 2.45) is 0 Å². The van der Waals surface area contributed by atoms with Crippen LogP contribution in [0.4, 0.5) is 0 Å². The number of carbonyl (C=O) groups excluding carboxylic acids is 2. The van der Waals surface area contributed by atoms with Gasteiger partial charge in [0.1, 0.15) is 12.3 Å². The van der Waals surface area contributed by atoms with E-state index in [1.165, 1.54) is 18.7 Å². The molecule has 5 rings (SSSR count). The highest BCUT2D eigenvalue weighted by Crippen LogP contribution is 2.46. The maximum atomic E-state index is 14.0. The fourth-order valence-corrected chi connectivity index (χ4v) is 8.59. The first kappa shape index (κ1) is 28.0. The van der Waals surface area contributed by atoms with Crippen LogP contribution < -0.4 is 5.32 Å².